The normalized spacial score (nSPS) is 15.0. The van der Waals surface area contributed by atoms with Crippen molar-refractivity contribution in [2.24, 2.45) is 0 Å². The number of amides is 1. The molecule has 1 aromatic carbocycles. The Hall–Kier alpha value is -3.72. The first-order valence-electron chi connectivity index (χ1n) is 9.76. The highest BCUT2D eigenvalue weighted by molar-refractivity contribution is 5.91. The molecule has 0 unspecified atom stereocenters. The Morgan fingerprint density at radius 3 is 2.57 bits per heavy atom. The molecule has 0 atom stereocenters. The van der Waals surface area contributed by atoms with E-state index in [1.165, 1.54) is 16.8 Å². The lowest BCUT2D eigenvalue weighted by molar-refractivity contribution is 0.0596. The van der Waals surface area contributed by atoms with Gasteiger partial charge in [-0.2, -0.15) is 9.50 Å². The first kappa shape index (κ1) is 18.3. The number of aromatic amines is 1. The van der Waals surface area contributed by atoms with E-state index in [0.29, 0.717) is 55.8 Å². The van der Waals surface area contributed by atoms with Crippen LogP contribution in [-0.4, -0.2) is 61.5 Å². The molecule has 0 saturated carbocycles. The molecule has 9 nitrogen and oxygen atoms in total. The summed E-state index contributed by atoms with van der Waals surface area (Å²) in [7, 11) is 0. The number of carbonyl (C=O) groups is 1. The van der Waals surface area contributed by atoms with E-state index in [-0.39, 0.29) is 11.5 Å². The molecule has 1 fully saturated rings. The zero-order valence-electron chi connectivity index (χ0n) is 16.2. The molecular formula is C21H20N6O3. The molecule has 30 heavy (non-hydrogen) atoms. The molecular weight excluding hydrogens is 384 g/mol. The number of H-pyrrole nitrogens is 1. The SMILES string of the molecule is O=C(c1ccco1)N1CCN(Cc2cc(=O)n3[nH]c(-c4ccccc4)nc3n2)CC1. The monoisotopic (exact) mass is 404 g/mol. The third-order valence-corrected chi connectivity index (χ3v) is 5.21. The van der Waals surface area contributed by atoms with Gasteiger partial charge in [0.2, 0.25) is 0 Å². The predicted octanol–water partition coefficient (Wildman–Crippen LogP) is 1.64. The quantitative estimate of drug-likeness (QED) is 0.555. The standard InChI is InChI=1S/C21H20N6O3/c28-18-13-16(22-21-23-19(24-27(18)21)15-5-2-1-3-6-15)14-25-8-10-26(11-9-25)20(29)17-7-4-12-30-17/h1-7,12-13H,8-11,14H2,(H,22,23,24). The van der Waals surface area contributed by atoms with E-state index in [4.69, 9.17) is 4.42 Å². The zero-order valence-corrected chi connectivity index (χ0v) is 16.2. The van der Waals surface area contributed by atoms with Gasteiger partial charge in [-0.25, -0.2) is 4.98 Å². The lowest BCUT2D eigenvalue weighted by Crippen LogP contribution is -2.48. The summed E-state index contributed by atoms with van der Waals surface area (Å²) < 4.78 is 6.55. The molecule has 1 aliphatic heterocycles. The topological polar surface area (TPSA) is 99.7 Å². The van der Waals surface area contributed by atoms with Crippen molar-refractivity contribution in [3.05, 3.63) is 76.6 Å². The van der Waals surface area contributed by atoms with Crippen molar-refractivity contribution < 1.29 is 9.21 Å². The van der Waals surface area contributed by atoms with Crippen LogP contribution < -0.4 is 5.56 Å². The van der Waals surface area contributed by atoms with Crippen molar-refractivity contribution in [3.63, 3.8) is 0 Å². The van der Waals surface area contributed by atoms with Crippen LogP contribution in [0.2, 0.25) is 0 Å². The van der Waals surface area contributed by atoms with Gasteiger partial charge in [-0.15, -0.1) is 0 Å². The Balaban J connectivity index is 1.29. The summed E-state index contributed by atoms with van der Waals surface area (Å²) in [5.41, 5.74) is 1.36. The smallest absolute Gasteiger partial charge is 0.289 e. The van der Waals surface area contributed by atoms with Crippen molar-refractivity contribution in [1.29, 1.82) is 0 Å². The summed E-state index contributed by atoms with van der Waals surface area (Å²) >= 11 is 0. The lowest BCUT2D eigenvalue weighted by atomic mass is 10.2. The van der Waals surface area contributed by atoms with E-state index >= 15 is 0 Å². The molecule has 1 aliphatic rings. The molecule has 0 spiro atoms. The molecule has 1 N–H and O–H groups in total. The third kappa shape index (κ3) is 3.50. The maximum atomic E-state index is 12.5. The summed E-state index contributed by atoms with van der Waals surface area (Å²) in [5.74, 6) is 1.21. The van der Waals surface area contributed by atoms with Gasteiger partial charge in [0.25, 0.3) is 17.2 Å². The first-order chi connectivity index (χ1) is 14.7. The second-order valence-electron chi connectivity index (χ2n) is 7.21. The number of hydrogen-bond acceptors (Lipinski definition) is 6. The molecule has 1 amide bonds. The minimum Gasteiger partial charge on any atom is -0.459 e. The van der Waals surface area contributed by atoms with Crippen LogP contribution in [-0.2, 0) is 6.54 Å². The van der Waals surface area contributed by atoms with E-state index in [0.717, 1.165) is 5.56 Å². The Morgan fingerprint density at radius 2 is 1.83 bits per heavy atom. The third-order valence-electron chi connectivity index (χ3n) is 5.21. The minimum absolute atomic E-state index is 0.0950. The second kappa shape index (κ2) is 7.60. The summed E-state index contributed by atoms with van der Waals surface area (Å²) in [5, 5.41) is 3.01. The lowest BCUT2D eigenvalue weighted by Gasteiger charge is -2.34. The molecule has 0 aliphatic carbocycles. The Bertz CT molecular complexity index is 1220. The van der Waals surface area contributed by atoms with Gasteiger partial charge in [0.15, 0.2) is 11.6 Å². The van der Waals surface area contributed by atoms with Crippen LogP contribution in [0.1, 0.15) is 16.2 Å². The van der Waals surface area contributed by atoms with E-state index in [9.17, 15) is 9.59 Å². The van der Waals surface area contributed by atoms with E-state index in [1.54, 1.807) is 17.0 Å². The maximum Gasteiger partial charge on any atom is 0.289 e. The maximum absolute atomic E-state index is 12.5. The van der Waals surface area contributed by atoms with Crippen LogP contribution in [0.4, 0.5) is 0 Å². The van der Waals surface area contributed by atoms with Gasteiger partial charge in [0.05, 0.1) is 12.0 Å². The molecule has 4 aromatic rings. The van der Waals surface area contributed by atoms with Crippen molar-refractivity contribution in [1.82, 2.24) is 29.4 Å². The fraction of sp³-hybridized carbons (Fsp3) is 0.238. The molecule has 3 aromatic heterocycles. The summed E-state index contributed by atoms with van der Waals surface area (Å²) in [4.78, 5) is 37.9. The number of nitrogens with one attached hydrogen (secondary N) is 1. The molecule has 0 radical (unpaired) electrons. The van der Waals surface area contributed by atoms with E-state index < -0.39 is 0 Å². The van der Waals surface area contributed by atoms with Gasteiger partial charge in [-0.05, 0) is 12.1 Å². The fourth-order valence-electron chi connectivity index (χ4n) is 3.63. The molecule has 5 rings (SSSR count). The highest BCUT2D eigenvalue weighted by atomic mass is 16.3. The van der Waals surface area contributed by atoms with Crippen molar-refractivity contribution in [2.45, 2.75) is 6.54 Å². The number of hydrogen-bond donors (Lipinski definition) is 1. The van der Waals surface area contributed by atoms with E-state index in [2.05, 4.69) is 20.0 Å². The van der Waals surface area contributed by atoms with Crippen LogP contribution in [0.3, 0.4) is 0 Å². The van der Waals surface area contributed by atoms with Gasteiger partial charge >= 0.3 is 0 Å². The second-order valence-corrected chi connectivity index (χ2v) is 7.21. The first-order valence-corrected chi connectivity index (χ1v) is 9.76. The van der Waals surface area contributed by atoms with Gasteiger partial charge in [0.1, 0.15) is 0 Å². The molecule has 9 heteroatoms. The Kier molecular flexibility index (Phi) is 4.64. The van der Waals surface area contributed by atoms with Crippen LogP contribution in [0, 0.1) is 0 Å². The fourth-order valence-corrected chi connectivity index (χ4v) is 3.63. The van der Waals surface area contributed by atoms with Gasteiger partial charge in [0, 0.05) is 44.4 Å². The zero-order chi connectivity index (χ0) is 20.5. The number of carbonyl (C=O) groups excluding carboxylic acids is 1. The molecule has 152 valence electrons. The van der Waals surface area contributed by atoms with Crippen molar-refractivity contribution >= 4 is 11.7 Å². The average molecular weight is 404 g/mol. The van der Waals surface area contributed by atoms with Crippen LogP contribution in [0.15, 0.2) is 64.0 Å². The highest BCUT2D eigenvalue weighted by Gasteiger charge is 2.24. The molecule has 1 saturated heterocycles. The van der Waals surface area contributed by atoms with Gasteiger partial charge < -0.3 is 9.32 Å². The number of benzene rings is 1. The number of nitrogens with zero attached hydrogens (tertiary/aromatic N) is 5. The average Bonchev–Trinajstić information content (AvgIpc) is 3.45. The number of aromatic nitrogens is 4. The number of rotatable bonds is 4. The molecule has 4 heterocycles. The number of fused-ring (bicyclic) bond motifs is 1. The molecule has 0 bridgehead atoms. The number of piperazine rings is 1. The van der Waals surface area contributed by atoms with Crippen molar-refractivity contribution in [3.8, 4) is 11.4 Å². The highest BCUT2D eigenvalue weighted by Crippen LogP contribution is 2.15. The number of furan rings is 1. The van der Waals surface area contributed by atoms with Gasteiger partial charge in [-0.3, -0.25) is 19.6 Å². The van der Waals surface area contributed by atoms with Crippen LogP contribution in [0.5, 0.6) is 0 Å². The summed E-state index contributed by atoms with van der Waals surface area (Å²) in [6.45, 7) is 3.12. The van der Waals surface area contributed by atoms with Crippen molar-refractivity contribution in [2.75, 3.05) is 26.2 Å². The predicted molar refractivity (Wildman–Crippen MR) is 109 cm³/mol. The van der Waals surface area contributed by atoms with Crippen LogP contribution >= 0.6 is 0 Å². The Morgan fingerprint density at radius 1 is 1.03 bits per heavy atom. The summed E-state index contributed by atoms with van der Waals surface area (Å²) in [6, 6.07) is 14.5. The summed E-state index contributed by atoms with van der Waals surface area (Å²) in [6.07, 6.45) is 1.50. The minimum atomic E-state index is -0.198. The van der Waals surface area contributed by atoms with Crippen LogP contribution in [0.25, 0.3) is 17.2 Å². The largest absolute Gasteiger partial charge is 0.459 e. The van der Waals surface area contributed by atoms with Gasteiger partial charge in [-0.1, -0.05) is 30.3 Å². The van der Waals surface area contributed by atoms with E-state index in [1.807, 2.05) is 30.3 Å². The Labute approximate surface area is 171 Å².